The van der Waals surface area contributed by atoms with Gasteiger partial charge in [-0.15, -0.1) is 0 Å². The van der Waals surface area contributed by atoms with Crippen molar-refractivity contribution in [3.8, 4) is 34.5 Å². The van der Waals surface area contributed by atoms with Crippen LogP contribution in [0, 0.1) is 19.7 Å². The van der Waals surface area contributed by atoms with Crippen LogP contribution in [0.25, 0.3) is 55.1 Å². The second kappa shape index (κ2) is 19.2. The first-order valence-electron chi connectivity index (χ1n) is 25.0. The highest BCUT2D eigenvalue weighted by atomic mass is 19.1. The molecule has 0 radical (unpaired) electrons. The standard InChI is InChI=1S/C28H32FN7O.C27H29N5O.2H2/c1-4-20-25-21(14-31-26(20)24-17(2)6-5-7-22(24)29)27(36-15-18-8-9-19(16-36)32-18)34-28(33-25)37-13-10-23-30-11-12-35(23)3;1-4-20-24(21-10-6-9-17-8-5-7-16(2)23(17)21)28-13-22-25(20)30-27(33-3)31-26(22)32-14-18-11-12-19(15-32)29-18;;/h5-7,11-12,14,18-19,32H,4,8-10,13,15-16H2,1-3H3;5-10,13,18-19,29H,4,11-12,14-15H2,1-3H3;2*1H. The van der Waals surface area contributed by atoms with E-state index in [0.717, 1.165) is 99.8 Å². The summed E-state index contributed by atoms with van der Waals surface area (Å²) in [6.45, 7) is 12.4. The van der Waals surface area contributed by atoms with E-state index in [-0.39, 0.29) is 8.67 Å². The van der Waals surface area contributed by atoms with Gasteiger partial charge in [-0.25, -0.2) is 9.37 Å². The maximum Gasteiger partial charge on any atom is 0.318 e. The number of halogens is 1. The molecule has 0 saturated carbocycles. The summed E-state index contributed by atoms with van der Waals surface area (Å²) in [5.41, 5.74) is 9.18. The van der Waals surface area contributed by atoms with E-state index in [1.54, 1.807) is 19.4 Å². The number of methoxy groups -OCH3 is 1. The number of anilines is 2. The van der Waals surface area contributed by atoms with Crippen molar-refractivity contribution < 1.29 is 16.7 Å². The average Bonchev–Trinajstić information content (AvgIpc) is 4.06. The number of benzene rings is 3. The zero-order chi connectivity index (χ0) is 48.0. The molecule has 70 heavy (non-hydrogen) atoms. The number of nitrogens with one attached hydrogen (secondary N) is 2. The minimum atomic E-state index is -0.277. The lowest BCUT2D eigenvalue weighted by Gasteiger charge is -2.34. The van der Waals surface area contributed by atoms with Crippen molar-refractivity contribution in [2.45, 2.75) is 96.8 Å². The Hall–Kier alpha value is -6.84. The zero-order valence-electron chi connectivity index (χ0n) is 41.0. The molecule has 14 nitrogen and oxygen atoms in total. The van der Waals surface area contributed by atoms with Crippen LogP contribution in [0.3, 0.4) is 0 Å². The molecule has 0 aliphatic carbocycles. The molecule has 4 unspecified atom stereocenters. The van der Waals surface area contributed by atoms with Gasteiger partial charge in [-0.2, -0.15) is 19.9 Å². The van der Waals surface area contributed by atoms with Crippen molar-refractivity contribution in [2.24, 2.45) is 7.05 Å². The minimum absolute atomic E-state index is 0. The summed E-state index contributed by atoms with van der Waals surface area (Å²) in [5.74, 6) is 2.45. The van der Waals surface area contributed by atoms with Crippen LogP contribution in [-0.4, -0.2) is 104 Å². The van der Waals surface area contributed by atoms with Gasteiger partial charge in [0.15, 0.2) is 0 Å². The van der Waals surface area contributed by atoms with Crippen molar-refractivity contribution in [3.05, 3.63) is 113 Å². The van der Waals surface area contributed by atoms with E-state index < -0.39 is 0 Å². The SMILES string of the molecule is CCc1c(-c2c(C)cccc2F)ncc2c(N3CC4CCC(C3)N4)nc(OCCc3nccn3C)nc12.CCc1c(-c2cccc3cccc(C)c23)ncc2c(N3CC4CCC(C3)N4)nc(OC)nc12.[HH].[HH]. The van der Waals surface area contributed by atoms with Gasteiger partial charge in [0.25, 0.3) is 0 Å². The average molecular weight is 945 g/mol. The largest absolute Gasteiger partial charge is 0.467 e. The predicted molar refractivity (Wildman–Crippen MR) is 279 cm³/mol. The monoisotopic (exact) mass is 945 g/mol. The summed E-state index contributed by atoms with van der Waals surface area (Å²) in [7, 11) is 3.62. The molecule has 4 saturated heterocycles. The number of pyridine rings is 2. The number of fused-ring (bicyclic) bond motifs is 7. The Morgan fingerprint density at radius 1 is 0.686 bits per heavy atom. The first-order chi connectivity index (χ1) is 34.2. The molecule has 4 bridgehead atoms. The van der Waals surface area contributed by atoms with Crippen LogP contribution in [0.1, 0.15) is 70.5 Å². The highest BCUT2D eigenvalue weighted by molar-refractivity contribution is 6.02. The Bertz CT molecular complexity index is 3210. The molecular formula is C55H65FN12O2. The van der Waals surface area contributed by atoms with Crippen LogP contribution in [-0.2, 0) is 26.3 Å². The van der Waals surface area contributed by atoms with Crippen molar-refractivity contribution >= 4 is 44.2 Å². The van der Waals surface area contributed by atoms with Crippen LogP contribution >= 0.6 is 0 Å². The molecule has 4 atom stereocenters. The quantitative estimate of drug-likeness (QED) is 0.127. The molecule has 4 fully saturated rings. The molecule has 4 aliphatic rings. The molecule has 5 aromatic heterocycles. The third-order valence-corrected chi connectivity index (χ3v) is 14.8. The Morgan fingerprint density at radius 2 is 1.24 bits per heavy atom. The normalized spacial score (nSPS) is 19.5. The summed E-state index contributed by atoms with van der Waals surface area (Å²) in [6.07, 6.45) is 14.4. The molecule has 3 aromatic carbocycles. The number of rotatable bonds is 11. The topological polar surface area (TPSA) is 144 Å². The molecule has 8 aromatic rings. The smallest absolute Gasteiger partial charge is 0.318 e. The first-order valence-corrected chi connectivity index (χ1v) is 25.0. The first kappa shape index (κ1) is 45.6. The fourth-order valence-corrected chi connectivity index (χ4v) is 11.4. The van der Waals surface area contributed by atoms with Gasteiger partial charge in [-0.3, -0.25) is 9.97 Å². The molecule has 2 N–H and O–H groups in total. The minimum Gasteiger partial charge on any atom is -0.467 e. The number of hydrogen-bond donors (Lipinski definition) is 2. The van der Waals surface area contributed by atoms with Gasteiger partial charge in [-0.05, 0) is 80.3 Å². The molecule has 9 heterocycles. The lowest BCUT2D eigenvalue weighted by molar-refractivity contribution is 0.293. The van der Waals surface area contributed by atoms with Gasteiger partial charge in [0, 0.05) is 114 Å². The number of imidazole rings is 1. The maximum absolute atomic E-state index is 15.0. The molecule has 0 amide bonds. The van der Waals surface area contributed by atoms with Gasteiger partial charge in [0.05, 0.1) is 46.9 Å². The highest BCUT2D eigenvalue weighted by Crippen LogP contribution is 2.39. The maximum atomic E-state index is 15.0. The Labute approximate surface area is 411 Å². The van der Waals surface area contributed by atoms with Crippen LogP contribution < -0.4 is 29.9 Å². The summed E-state index contributed by atoms with van der Waals surface area (Å²) in [6, 6.07) is 20.7. The third-order valence-electron chi connectivity index (χ3n) is 14.8. The van der Waals surface area contributed by atoms with Crippen LogP contribution in [0.5, 0.6) is 12.0 Å². The number of hydrogen-bond acceptors (Lipinski definition) is 13. The molecule has 15 heteroatoms. The van der Waals surface area contributed by atoms with E-state index in [1.165, 1.54) is 48.1 Å². The van der Waals surface area contributed by atoms with Crippen LogP contribution in [0.15, 0.2) is 79.4 Å². The molecule has 364 valence electrons. The Balaban J connectivity index is 0.000000174. The molecule has 4 aliphatic heterocycles. The lowest BCUT2D eigenvalue weighted by Crippen LogP contribution is -2.51. The summed E-state index contributed by atoms with van der Waals surface area (Å²) in [4.78, 5) is 38.4. The summed E-state index contributed by atoms with van der Waals surface area (Å²) in [5, 5.41) is 11.8. The van der Waals surface area contributed by atoms with Gasteiger partial charge in [0.2, 0.25) is 0 Å². The number of nitrogens with zero attached hydrogens (tertiary/aromatic N) is 10. The lowest BCUT2D eigenvalue weighted by atomic mass is 9.94. The predicted octanol–water partition coefficient (Wildman–Crippen LogP) is 9.15. The fraction of sp³-hybridized carbons (Fsp3) is 0.400. The second-order valence-corrected chi connectivity index (χ2v) is 19.3. The van der Waals surface area contributed by atoms with E-state index in [1.807, 2.05) is 43.2 Å². The second-order valence-electron chi connectivity index (χ2n) is 19.3. The number of aryl methyl sites for hydroxylation is 5. The fourth-order valence-electron chi connectivity index (χ4n) is 11.4. The van der Waals surface area contributed by atoms with Gasteiger partial charge in [0.1, 0.15) is 23.3 Å². The van der Waals surface area contributed by atoms with Crippen LogP contribution in [0.4, 0.5) is 16.0 Å². The van der Waals surface area contributed by atoms with E-state index >= 15 is 4.39 Å². The van der Waals surface area contributed by atoms with E-state index in [0.29, 0.717) is 66.9 Å². The van der Waals surface area contributed by atoms with E-state index in [9.17, 15) is 0 Å². The highest BCUT2D eigenvalue weighted by Gasteiger charge is 2.36. The number of ether oxygens (including phenoxy) is 2. The Kier molecular flexibility index (Phi) is 12.5. The summed E-state index contributed by atoms with van der Waals surface area (Å²) < 4.78 is 28.7. The van der Waals surface area contributed by atoms with Crippen LogP contribution in [0.2, 0.25) is 0 Å². The number of piperazine rings is 2. The van der Waals surface area contributed by atoms with E-state index in [4.69, 9.17) is 39.4 Å². The Morgan fingerprint density at radius 3 is 1.83 bits per heavy atom. The molecule has 0 spiro atoms. The van der Waals surface area contributed by atoms with E-state index in [2.05, 4.69) is 82.6 Å². The van der Waals surface area contributed by atoms with Gasteiger partial charge < -0.3 is 34.5 Å². The van der Waals surface area contributed by atoms with Crippen molar-refractivity contribution in [2.75, 3.05) is 49.7 Å². The molecular weight excluding hydrogens is 880 g/mol. The van der Waals surface area contributed by atoms with Crippen molar-refractivity contribution in [3.63, 3.8) is 0 Å². The summed E-state index contributed by atoms with van der Waals surface area (Å²) >= 11 is 0. The van der Waals surface area contributed by atoms with Gasteiger partial charge in [-0.1, -0.05) is 62.4 Å². The van der Waals surface area contributed by atoms with Gasteiger partial charge >= 0.3 is 12.0 Å². The van der Waals surface area contributed by atoms with Crippen molar-refractivity contribution in [1.82, 2.24) is 50.1 Å². The number of aromatic nitrogens is 8. The van der Waals surface area contributed by atoms with Crippen molar-refractivity contribution in [1.29, 1.82) is 0 Å². The molecule has 12 rings (SSSR count). The third kappa shape index (κ3) is 8.52. The zero-order valence-corrected chi connectivity index (χ0v) is 41.0.